The molecule has 0 unspecified atom stereocenters. The quantitative estimate of drug-likeness (QED) is 0.852. The molecule has 19 heavy (non-hydrogen) atoms. The Balaban J connectivity index is 1.51. The second-order valence-electron chi connectivity index (χ2n) is 4.90. The zero-order valence-electron chi connectivity index (χ0n) is 10.9. The third-order valence-corrected chi connectivity index (χ3v) is 3.44. The van der Waals surface area contributed by atoms with Gasteiger partial charge >= 0.3 is 0 Å². The Morgan fingerprint density at radius 1 is 1.00 bits per heavy atom. The van der Waals surface area contributed by atoms with Crippen molar-refractivity contribution in [3.63, 3.8) is 0 Å². The van der Waals surface area contributed by atoms with Crippen LogP contribution in [0.1, 0.15) is 11.1 Å². The number of rotatable bonds is 4. The van der Waals surface area contributed by atoms with Gasteiger partial charge in [0.15, 0.2) is 0 Å². The predicted octanol–water partition coefficient (Wildman–Crippen LogP) is 2.66. The standard InChI is InChI=1S/C16H18N2O/c17-15-7-6-13-11-18(12-14(13)10-15)8-9-19-16-4-2-1-3-5-16/h1-7,10H,8-9,11-12,17H2. The minimum atomic E-state index is 0.716. The van der Waals surface area contributed by atoms with Crippen LogP contribution in [0, 0.1) is 0 Å². The number of hydrogen-bond acceptors (Lipinski definition) is 3. The van der Waals surface area contributed by atoms with Crippen molar-refractivity contribution in [2.24, 2.45) is 0 Å². The number of para-hydroxylation sites is 1. The highest BCUT2D eigenvalue weighted by atomic mass is 16.5. The minimum Gasteiger partial charge on any atom is -0.492 e. The van der Waals surface area contributed by atoms with Gasteiger partial charge in [0.25, 0.3) is 0 Å². The predicted molar refractivity (Wildman–Crippen MR) is 76.9 cm³/mol. The molecule has 0 bridgehead atoms. The number of anilines is 1. The summed E-state index contributed by atoms with van der Waals surface area (Å²) in [6.45, 7) is 3.61. The van der Waals surface area contributed by atoms with Crippen molar-refractivity contribution in [3.05, 3.63) is 59.7 Å². The monoisotopic (exact) mass is 254 g/mol. The molecule has 0 radical (unpaired) electrons. The molecule has 0 fully saturated rings. The van der Waals surface area contributed by atoms with E-state index in [4.69, 9.17) is 10.5 Å². The highest BCUT2D eigenvalue weighted by molar-refractivity contribution is 5.46. The summed E-state index contributed by atoms with van der Waals surface area (Å²) in [5, 5.41) is 0. The van der Waals surface area contributed by atoms with Gasteiger partial charge in [-0.25, -0.2) is 0 Å². The lowest BCUT2D eigenvalue weighted by Gasteiger charge is -2.15. The first kappa shape index (κ1) is 12.1. The van der Waals surface area contributed by atoms with Gasteiger partial charge in [0.1, 0.15) is 12.4 Å². The first-order chi connectivity index (χ1) is 9.31. The van der Waals surface area contributed by atoms with E-state index in [1.54, 1.807) is 0 Å². The van der Waals surface area contributed by atoms with Gasteiger partial charge in [0.2, 0.25) is 0 Å². The normalized spacial score (nSPS) is 14.3. The van der Waals surface area contributed by atoms with Gasteiger partial charge in [-0.3, -0.25) is 4.90 Å². The Labute approximate surface area is 113 Å². The van der Waals surface area contributed by atoms with Crippen molar-refractivity contribution in [2.45, 2.75) is 13.1 Å². The molecular weight excluding hydrogens is 236 g/mol. The van der Waals surface area contributed by atoms with Crippen molar-refractivity contribution in [1.29, 1.82) is 0 Å². The van der Waals surface area contributed by atoms with Gasteiger partial charge in [-0.15, -0.1) is 0 Å². The van der Waals surface area contributed by atoms with Gasteiger partial charge < -0.3 is 10.5 Å². The average Bonchev–Trinajstić information content (AvgIpc) is 2.82. The van der Waals surface area contributed by atoms with Gasteiger partial charge in [-0.2, -0.15) is 0 Å². The Hall–Kier alpha value is -2.00. The fourth-order valence-electron chi connectivity index (χ4n) is 2.45. The summed E-state index contributed by atoms with van der Waals surface area (Å²) in [6.07, 6.45) is 0. The molecule has 0 aliphatic carbocycles. The van der Waals surface area contributed by atoms with Crippen molar-refractivity contribution in [2.75, 3.05) is 18.9 Å². The lowest BCUT2D eigenvalue weighted by Crippen LogP contribution is -2.22. The number of nitrogens with two attached hydrogens (primary N) is 1. The first-order valence-corrected chi connectivity index (χ1v) is 6.59. The van der Waals surface area contributed by atoms with Crippen molar-refractivity contribution in [1.82, 2.24) is 4.90 Å². The molecule has 0 saturated heterocycles. The van der Waals surface area contributed by atoms with Crippen LogP contribution < -0.4 is 10.5 Å². The average molecular weight is 254 g/mol. The topological polar surface area (TPSA) is 38.5 Å². The van der Waals surface area contributed by atoms with Crippen LogP contribution in [0.5, 0.6) is 5.75 Å². The van der Waals surface area contributed by atoms with Crippen LogP contribution in [0.25, 0.3) is 0 Å². The molecule has 2 aromatic carbocycles. The Bertz CT molecular complexity index is 554. The van der Waals surface area contributed by atoms with E-state index >= 15 is 0 Å². The van der Waals surface area contributed by atoms with Crippen molar-refractivity contribution >= 4 is 5.69 Å². The van der Waals surface area contributed by atoms with E-state index in [9.17, 15) is 0 Å². The zero-order chi connectivity index (χ0) is 13.1. The molecule has 1 aliphatic rings. The van der Waals surface area contributed by atoms with E-state index in [0.717, 1.165) is 31.1 Å². The fourth-order valence-corrected chi connectivity index (χ4v) is 2.45. The fraction of sp³-hybridized carbons (Fsp3) is 0.250. The number of ether oxygens (including phenoxy) is 1. The maximum Gasteiger partial charge on any atom is 0.119 e. The number of hydrogen-bond donors (Lipinski definition) is 1. The molecule has 0 amide bonds. The van der Waals surface area contributed by atoms with E-state index in [1.165, 1.54) is 11.1 Å². The molecule has 0 spiro atoms. The highest BCUT2D eigenvalue weighted by Gasteiger charge is 2.18. The summed E-state index contributed by atoms with van der Waals surface area (Å²) in [5.74, 6) is 0.934. The number of nitrogens with zero attached hydrogens (tertiary/aromatic N) is 1. The van der Waals surface area contributed by atoms with Gasteiger partial charge in [-0.1, -0.05) is 24.3 Å². The van der Waals surface area contributed by atoms with Crippen LogP contribution in [0.2, 0.25) is 0 Å². The first-order valence-electron chi connectivity index (χ1n) is 6.59. The molecular formula is C16H18N2O. The maximum atomic E-state index is 5.81. The second kappa shape index (κ2) is 5.33. The largest absolute Gasteiger partial charge is 0.492 e. The molecule has 0 aromatic heterocycles. The van der Waals surface area contributed by atoms with Crippen LogP contribution in [-0.4, -0.2) is 18.1 Å². The Kier molecular flexibility index (Phi) is 3.38. The van der Waals surface area contributed by atoms with Crippen LogP contribution in [-0.2, 0) is 13.1 Å². The lowest BCUT2D eigenvalue weighted by molar-refractivity contribution is 0.211. The van der Waals surface area contributed by atoms with Crippen LogP contribution in [0.3, 0.4) is 0 Å². The Morgan fingerprint density at radius 2 is 1.79 bits per heavy atom. The molecule has 2 aromatic rings. The molecule has 3 rings (SSSR count). The Morgan fingerprint density at radius 3 is 2.63 bits per heavy atom. The summed E-state index contributed by atoms with van der Waals surface area (Å²) in [5.41, 5.74) is 9.39. The molecule has 2 N–H and O–H groups in total. The molecule has 0 saturated carbocycles. The summed E-state index contributed by atoms with van der Waals surface area (Å²) in [6, 6.07) is 16.1. The summed E-state index contributed by atoms with van der Waals surface area (Å²) < 4.78 is 5.72. The summed E-state index contributed by atoms with van der Waals surface area (Å²) in [7, 11) is 0. The van der Waals surface area contributed by atoms with Gasteiger partial charge in [-0.05, 0) is 35.4 Å². The molecule has 1 heterocycles. The highest BCUT2D eigenvalue weighted by Crippen LogP contribution is 2.24. The summed E-state index contributed by atoms with van der Waals surface area (Å²) >= 11 is 0. The third-order valence-electron chi connectivity index (χ3n) is 3.44. The molecule has 3 nitrogen and oxygen atoms in total. The number of benzene rings is 2. The smallest absolute Gasteiger partial charge is 0.119 e. The maximum absolute atomic E-state index is 5.81. The second-order valence-corrected chi connectivity index (χ2v) is 4.90. The van der Waals surface area contributed by atoms with E-state index in [1.807, 2.05) is 36.4 Å². The van der Waals surface area contributed by atoms with E-state index in [2.05, 4.69) is 17.0 Å². The van der Waals surface area contributed by atoms with Crippen LogP contribution in [0.15, 0.2) is 48.5 Å². The number of nitrogen functional groups attached to an aromatic ring is 1. The SMILES string of the molecule is Nc1ccc2c(c1)CN(CCOc1ccccc1)C2. The molecule has 3 heteroatoms. The van der Waals surface area contributed by atoms with Gasteiger partial charge in [0.05, 0.1) is 0 Å². The lowest BCUT2D eigenvalue weighted by atomic mass is 10.1. The van der Waals surface area contributed by atoms with E-state index in [0.29, 0.717) is 6.61 Å². The molecule has 98 valence electrons. The molecule has 0 atom stereocenters. The van der Waals surface area contributed by atoms with E-state index < -0.39 is 0 Å². The van der Waals surface area contributed by atoms with Crippen molar-refractivity contribution < 1.29 is 4.74 Å². The van der Waals surface area contributed by atoms with Crippen LogP contribution >= 0.6 is 0 Å². The minimum absolute atomic E-state index is 0.716. The third kappa shape index (κ3) is 2.88. The number of fused-ring (bicyclic) bond motifs is 1. The van der Waals surface area contributed by atoms with Crippen LogP contribution in [0.4, 0.5) is 5.69 Å². The molecule has 1 aliphatic heterocycles. The van der Waals surface area contributed by atoms with E-state index in [-0.39, 0.29) is 0 Å². The summed E-state index contributed by atoms with van der Waals surface area (Å²) in [4.78, 5) is 2.38. The van der Waals surface area contributed by atoms with Crippen molar-refractivity contribution in [3.8, 4) is 5.75 Å². The van der Waals surface area contributed by atoms with Gasteiger partial charge in [0, 0.05) is 25.3 Å². The zero-order valence-corrected chi connectivity index (χ0v) is 10.9.